The van der Waals surface area contributed by atoms with Gasteiger partial charge in [0.2, 0.25) is 5.88 Å². The van der Waals surface area contributed by atoms with Gasteiger partial charge in [-0.25, -0.2) is 4.98 Å². The van der Waals surface area contributed by atoms with E-state index in [2.05, 4.69) is 10.3 Å². The van der Waals surface area contributed by atoms with Crippen molar-refractivity contribution in [1.82, 2.24) is 4.98 Å². The van der Waals surface area contributed by atoms with E-state index in [1.54, 1.807) is 25.4 Å². The molecule has 0 saturated carbocycles. The van der Waals surface area contributed by atoms with Crippen LogP contribution >= 0.6 is 0 Å². The van der Waals surface area contributed by atoms with E-state index in [0.717, 1.165) is 5.56 Å². The van der Waals surface area contributed by atoms with Crippen molar-refractivity contribution < 1.29 is 9.66 Å². The van der Waals surface area contributed by atoms with Crippen molar-refractivity contribution in [3.8, 4) is 5.88 Å². The monoisotopic (exact) mass is 259 g/mol. The Balaban J connectivity index is 2.10. The van der Waals surface area contributed by atoms with E-state index in [9.17, 15) is 10.1 Å². The zero-order chi connectivity index (χ0) is 13.7. The summed E-state index contributed by atoms with van der Waals surface area (Å²) >= 11 is 0. The third kappa shape index (κ3) is 3.19. The zero-order valence-electron chi connectivity index (χ0n) is 10.4. The van der Waals surface area contributed by atoms with Gasteiger partial charge in [-0.1, -0.05) is 12.1 Å². The van der Waals surface area contributed by atoms with Gasteiger partial charge in [0.25, 0.3) is 5.69 Å². The number of rotatable bonds is 5. The van der Waals surface area contributed by atoms with Crippen LogP contribution in [0.3, 0.4) is 0 Å². The molecule has 0 fully saturated rings. The van der Waals surface area contributed by atoms with E-state index < -0.39 is 4.92 Å². The summed E-state index contributed by atoms with van der Waals surface area (Å²) in [5, 5.41) is 13.8. The minimum absolute atomic E-state index is 0.0585. The maximum atomic E-state index is 10.7. The number of anilines is 1. The molecule has 1 N–H and O–H groups in total. The Kier molecular flexibility index (Phi) is 3.92. The zero-order valence-corrected chi connectivity index (χ0v) is 10.4. The lowest BCUT2D eigenvalue weighted by atomic mass is 10.2. The molecule has 1 heterocycles. The summed E-state index contributed by atoms with van der Waals surface area (Å²) in [6.45, 7) is 0.484. The third-order valence-electron chi connectivity index (χ3n) is 2.58. The van der Waals surface area contributed by atoms with E-state index in [-0.39, 0.29) is 5.69 Å². The summed E-state index contributed by atoms with van der Waals surface area (Å²) in [6.07, 6.45) is 1.65. The highest BCUT2D eigenvalue weighted by Crippen LogP contribution is 2.19. The first-order valence-corrected chi connectivity index (χ1v) is 5.67. The number of non-ortho nitro benzene ring substituents is 1. The summed E-state index contributed by atoms with van der Waals surface area (Å²) < 4.78 is 5.14. The van der Waals surface area contributed by atoms with Gasteiger partial charge in [-0.15, -0.1) is 0 Å². The Morgan fingerprint density at radius 1 is 1.37 bits per heavy atom. The van der Waals surface area contributed by atoms with Crippen molar-refractivity contribution in [3.05, 3.63) is 58.3 Å². The Labute approximate surface area is 110 Å². The average molecular weight is 259 g/mol. The fourth-order valence-corrected chi connectivity index (χ4v) is 1.67. The highest BCUT2D eigenvalue weighted by atomic mass is 16.6. The molecule has 0 aliphatic heterocycles. The van der Waals surface area contributed by atoms with Crippen molar-refractivity contribution in [2.24, 2.45) is 0 Å². The Hall–Kier alpha value is -2.63. The number of nitro groups is 1. The van der Waals surface area contributed by atoms with Crippen LogP contribution in [0.25, 0.3) is 0 Å². The molecule has 19 heavy (non-hydrogen) atoms. The lowest BCUT2D eigenvalue weighted by molar-refractivity contribution is -0.384. The average Bonchev–Trinajstić information content (AvgIpc) is 2.45. The third-order valence-corrected chi connectivity index (χ3v) is 2.58. The number of nitrogens with zero attached hydrogens (tertiary/aromatic N) is 2. The summed E-state index contributed by atoms with van der Waals surface area (Å²) in [5.41, 5.74) is 1.62. The fourth-order valence-electron chi connectivity index (χ4n) is 1.67. The smallest absolute Gasteiger partial charge is 0.271 e. The minimum atomic E-state index is -0.421. The number of hydrogen-bond acceptors (Lipinski definition) is 5. The van der Waals surface area contributed by atoms with Crippen LogP contribution in [0.5, 0.6) is 5.88 Å². The van der Waals surface area contributed by atoms with Crippen molar-refractivity contribution in [3.63, 3.8) is 0 Å². The van der Waals surface area contributed by atoms with Gasteiger partial charge in [-0.05, 0) is 12.1 Å². The normalized spacial score (nSPS) is 9.95. The second kappa shape index (κ2) is 5.81. The molecule has 0 aliphatic carbocycles. The maximum Gasteiger partial charge on any atom is 0.271 e. The predicted molar refractivity (Wildman–Crippen MR) is 71.2 cm³/mol. The highest BCUT2D eigenvalue weighted by Gasteiger charge is 2.06. The van der Waals surface area contributed by atoms with Crippen LogP contribution in [0.15, 0.2) is 42.6 Å². The number of hydrogen-bond donors (Lipinski definition) is 1. The number of methoxy groups -OCH3 is 1. The fraction of sp³-hybridized carbons (Fsp3) is 0.154. The molecule has 1 aromatic heterocycles. The molecule has 0 saturated heterocycles. The van der Waals surface area contributed by atoms with Crippen LogP contribution in [0.1, 0.15) is 5.56 Å². The van der Waals surface area contributed by atoms with Gasteiger partial charge in [0.1, 0.15) is 0 Å². The molecule has 1 aromatic carbocycles. The van der Waals surface area contributed by atoms with E-state index >= 15 is 0 Å². The van der Waals surface area contributed by atoms with E-state index in [1.165, 1.54) is 12.1 Å². The second-order valence-corrected chi connectivity index (χ2v) is 3.83. The summed E-state index contributed by atoms with van der Waals surface area (Å²) in [6, 6.07) is 10.1. The number of pyridine rings is 1. The van der Waals surface area contributed by atoms with Gasteiger partial charge < -0.3 is 10.1 Å². The molecule has 2 aromatic rings. The molecule has 6 nitrogen and oxygen atoms in total. The Morgan fingerprint density at radius 2 is 2.21 bits per heavy atom. The largest absolute Gasteiger partial charge is 0.481 e. The Bertz CT molecular complexity index is 587. The molecule has 98 valence electrons. The number of nitrogens with one attached hydrogen (secondary N) is 1. The topological polar surface area (TPSA) is 77.3 Å². The second-order valence-electron chi connectivity index (χ2n) is 3.83. The molecule has 0 bridgehead atoms. The summed E-state index contributed by atoms with van der Waals surface area (Å²) in [5.74, 6) is 0.542. The number of benzene rings is 1. The van der Waals surface area contributed by atoms with Crippen molar-refractivity contribution in [1.29, 1.82) is 0 Å². The van der Waals surface area contributed by atoms with Crippen LogP contribution in [0.4, 0.5) is 11.4 Å². The van der Waals surface area contributed by atoms with Crippen LogP contribution in [-0.2, 0) is 6.54 Å². The highest BCUT2D eigenvalue weighted by molar-refractivity contribution is 5.51. The number of ether oxygens (including phenoxy) is 1. The van der Waals surface area contributed by atoms with Crippen LogP contribution in [0.2, 0.25) is 0 Å². The van der Waals surface area contributed by atoms with Crippen molar-refractivity contribution in [2.45, 2.75) is 6.54 Å². The first-order chi connectivity index (χ1) is 9.20. The van der Waals surface area contributed by atoms with Crippen LogP contribution in [-0.4, -0.2) is 17.0 Å². The lowest BCUT2D eigenvalue weighted by Gasteiger charge is -2.09. The van der Waals surface area contributed by atoms with E-state index in [0.29, 0.717) is 18.1 Å². The molecule has 0 unspecified atom stereocenters. The lowest BCUT2D eigenvalue weighted by Crippen LogP contribution is -2.03. The van der Waals surface area contributed by atoms with E-state index in [4.69, 9.17) is 4.74 Å². The molecular formula is C13H13N3O3. The van der Waals surface area contributed by atoms with Crippen LogP contribution < -0.4 is 10.1 Å². The molecule has 6 heteroatoms. The van der Waals surface area contributed by atoms with Crippen LogP contribution in [0, 0.1) is 10.1 Å². The Morgan fingerprint density at radius 3 is 2.95 bits per heavy atom. The number of aromatic nitrogens is 1. The quantitative estimate of drug-likeness (QED) is 0.659. The summed E-state index contributed by atoms with van der Waals surface area (Å²) in [7, 11) is 1.55. The molecule has 0 amide bonds. The van der Waals surface area contributed by atoms with Gasteiger partial charge in [0.05, 0.1) is 12.0 Å². The first-order valence-electron chi connectivity index (χ1n) is 5.67. The summed E-state index contributed by atoms with van der Waals surface area (Å²) in [4.78, 5) is 14.3. The molecule has 0 atom stereocenters. The molecular weight excluding hydrogens is 246 g/mol. The van der Waals surface area contributed by atoms with Crippen molar-refractivity contribution in [2.75, 3.05) is 12.4 Å². The molecule has 0 spiro atoms. The molecule has 0 radical (unpaired) electrons. The minimum Gasteiger partial charge on any atom is -0.481 e. The van der Waals surface area contributed by atoms with Gasteiger partial charge in [-0.3, -0.25) is 10.1 Å². The maximum absolute atomic E-state index is 10.7. The standard InChI is InChI=1S/C13H13N3O3/c1-19-13-10(4-3-7-14-13)9-15-11-5-2-6-12(8-11)16(17)18/h2-8,15H,9H2,1H3. The molecule has 0 aliphatic rings. The van der Waals surface area contributed by atoms with Gasteiger partial charge in [-0.2, -0.15) is 0 Å². The van der Waals surface area contributed by atoms with Crippen molar-refractivity contribution >= 4 is 11.4 Å². The van der Waals surface area contributed by atoms with Gasteiger partial charge in [0, 0.05) is 36.1 Å². The number of nitro benzene ring substituents is 1. The SMILES string of the molecule is COc1ncccc1CNc1cccc([N+](=O)[O-])c1. The van der Waals surface area contributed by atoms with Gasteiger partial charge in [0.15, 0.2) is 0 Å². The molecule has 2 rings (SSSR count). The van der Waals surface area contributed by atoms with Gasteiger partial charge >= 0.3 is 0 Å². The predicted octanol–water partition coefficient (Wildman–Crippen LogP) is 2.61. The first kappa shape index (κ1) is 12.8. The van der Waals surface area contributed by atoms with E-state index in [1.807, 2.05) is 12.1 Å².